The zero-order valence-electron chi connectivity index (χ0n) is 13.8. The van der Waals surface area contributed by atoms with Crippen LogP contribution in [-0.4, -0.2) is 50.9 Å². The lowest BCUT2D eigenvalue weighted by atomic mass is 10.2. The maximum atomic E-state index is 12.2. The topological polar surface area (TPSA) is 79.9 Å². The maximum absolute atomic E-state index is 12.2. The molecule has 2 aliphatic rings. The average Bonchev–Trinajstić information content (AvgIpc) is 3.23. The monoisotopic (exact) mass is 333 g/mol. The van der Waals surface area contributed by atoms with Crippen LogP contribution in [0, 0.1) is 0 Å². The second-order valence-electron chi connectivity index (χ2n) is 6.09. The van der Waals surface area contributed by atoms with E-state index in [-0.39, 0.29) is 24.1 Å². The second-order valence-corrected chi connectivity index (χ2v) is 6.09. The zero-order chi connectivity index (χ0) is 16.9. The van der Waals surface area contributed by atoms with Crippen LogP contribution >= 0.6 is 0 Å². The fourth-order valence-electron chi connectivity index (χ4n) is 3.06. The molecule has 130 valence electrons. The van der Waals surface area contributed by atoms with E-state index in [1.54, 1.807) is 12.0 Å². The summed E-state index contributed by atoms with van der Waals surface area (Å²) in [6.07, 6.45) is 2.44. The van der Waals surface area contributed by atoms with Gasteiger partial charge in [0, 0.05) is 31.8 Å². The van der Waals surface area contributed by atoms with E-state index >= 15 is 0 Å². The zero-order valence-corrected chi connectivity index (χ0v) is 13.8. The van der Waals surface area contributed by atoms with Crippen molar-refractivity contribution in [2.24, 2.45) is 0 Å². The summed E-state index contributed by atoms with van der Waals surface area (Å²) >= 11 is 0. The van der Waals surface area contributed by atoms with Crippen LogP contribution in [0.4, 0.5) is 10.5 Å². The number of carbonyl (C=O) groups excluding carboxylic acids is 2. The van der Waals surface area contributed by atoms with Gasteiger partial charge >= 0.3 is 6.03 Å². The van der Waals surface area contributed by atoms with Crippen molar-refractivity contribution in [2.45, 2.75) is 31.4 Å². The summed E-state index contributed by atoms with van der Waals surface area (Å²) in [5.74, 6) is 0.748. The number of methoxy groups -OCH3 is 1. The van der Waals surface area contributed by atoms with Crippen molar-refractivity contribution >= 4 is 17.6 Å². The number of anilines is 1. The summed E-state index contributed by atoms with van der Waals surface area (Å²) in [6.45, 7) is 1.75. The molecular formula is C17H23N3O4. The first-order valence-electron chi connectivity index (χ1n) is 8.26. The Morgan fingerprint density at radius 2 is 2.17 bits per heavy atom. The molecule has 24 heavy (non-hydrogen) atoms. The quantitative estimate of drug-likeness (QED) is 0.851. The number of nitrogens with zero attached hydrogens (tertiary/aromatic N) is 1. The molecule has 7 heteroatoms. The fraction of sp³-hybridized carbons (Fsp3) is 0.529. The van der Waals surface area contributed by atoms with Crippen LogP contribution in [0.1, 0.15) is 19.3 Å². The number of rotatable bonds is 5. The van der Waals surface area contributed by atoms with Crippen molar-refractivity contribution in [3.05, 3.63) is 24.3 Å². The number of hydrogen-bond acceptors (Lipinski definition) is 4. The summed E-state index contributed by atoms with van der Waals surface area (Å²) in [6, 6.07) is 6.88. The van der Waals surface area contributed by atoms with Crippen LogP contribution in [-0.2, 0) is 9.53 Å². The van der Waals surface area contributed by atoms with Gasteiger partial charge < -0.3 is 25.0 Å². The summed E-state index contributed by atoms with van der Waals surface area (Å²) in [5, 5.41) is 5.68. The van der Waals surface area contributed by atoms with Gasteiger partial charge in [-0.1, -0.05) is 0 Å². The molecule has 1 aromatic rings. The highest BCUT2D eigenvalue weighted by Gasteiger charge is 2.31. The van der Waals surface area contributed by atoms with Crippen LogP contribution in [0.2, 0.25) is 0 Å². The molecule has 1 aromatic carbocycles. The molecule has 2 fully saturated rings. The SMILES string of the molecule is COc1ccc(N2C[C@@H](NC(=O)NC[C@H]3CCCO3)CC2=O)cc1. The lowest BCUT2D eigenvalue weighted by Crippen LogP contribution is -2.45. The Balaban J connectivity index is 1.49. The van der Waals surface area contributed by atoms with E-state index in [1.165, 1.54) is 0 Å². The van der Waals surface area contributed by atoms with E-state index in [0.717, 1.165) is 30.9 Å². The van der Waals surface area contributed by atoms with E-state index in [1.807, 2.05) is 24.3 Å². The molecule has 0 aromatic heterocycles. The molecule has 2 saturated heterocycles. The van der Waals surface area contributed by atoms with Crippen molar-refractivity contribution in [3.8, 4) is 5.75 Å². The molecule has 2 heterocycles. The van der Waals surface area contributed by atoms with Gasteiger partial charge in [0.15, 0.2) is 0 Å². The molecule has 3 amide bonds. The minimum Gasteiger partial charge on any atom is -0.497 e. The summed E-state index contributed by atoms with van der Waals surface area (Å²) in [5.41, 5.74) is 0.810. The molecule has 0 aliphatic carbocycles. The number of amides is 3. The average molecular weight is 333 g/mol. The fourth-order valence-corrected chi connectivity index (χ4v) is 3.06. The van der Waals surface area contributed by atoms with Crippen LogP contribution < -0.4 is 20.3 Å². The van der Waals surface area contributed by atoms with Gasteiger partial charge in [-0.05, 0) is 37.1 Å². The van der Waals surface area contributed by atoms with E-state index in [0.29, 0.717) is 19.5 Å². The van der Waals surface area contributed by atoms with Gasteiger partial charge in [-0.3, -0.25) is 4.79 Å². The largest absolute Gasteiger partial charge is 0.497 e. The highest BCUT2D eigenvalue weighted by Crippen LogP contribution is 2.24. The molecule has 2 aliphatic heterocycles. The van der Waals surface area contributed by atoms with Gasteiger partial charge in [-0.25, -0.2) is 4.79 Å². The lowest BCUT2D eigenvalue weighted by molar-refractivity contribution is -0.117. The van der Waals surface area contributed by atoms with Crippen LogP contribution in [0.5, 0.6) is 5.75 Å². The third-order valence-electron chi connectivity index (χ3n) is 4.36. The molecule has 0 radical (unpaired) electrons. The second kappa shape index (κ2) is 7.53. The Bertz CT molecular complexity index is 584. The molecule has 0 spiro atoms. The van der Waals surface area contributed by atoms with Crippen molar-refractivity contribution < 1.29 is 19.1 Å². The first kappa shape index (κ1) is 16.6. The highest BCUT2D eigenvalue weighted by molar-refractivity contribution is 5.96. The molecule has 0 saturated carbocycles. The third-order valence-corrected chi connectivity index (χ3v) is 4.36. The standard InChI is InChI=1S/C17H23N3O4/c1-23-14-6-4-13(5-7-14)20-11-12(9-16(20)21)19-17(22)18-10-15-3-2-8-24-15/h4-7,12,15H,2-3,8-11H2,1H3,(H2,18,19,22)/t12-,15+/m0/s1. The number of carbonyl (C=O) groups is 2. The van der Waals surface area contributed by atoms with Crippen molar-refractivity contribution in [2.75, 3.05) is 31.7 Å². The van der Waals surface area contributed by atoms with Crippen LogP contribution in [0.3, 0.4) is 0 Å². The van der Waals surface area contributed by atoms with Crippen molar-refractivity contribution in [3.63, 3.8) is 0 Å². The Morgan fingerprint density at radius 3 is 2.83 bits per heavy atom. The normalized spacial score (nSPS) is 23.4. The van der Waals surface area contributed by atoms with Crippen molar-refractivity contribution in [1.82, 2.24) is 10.6 Å². The smallest absolute Gasteiger partial charge is 0.315 e. The molecule has 0 unspecified atom stereocenters. The van der Waals surface area contributed by atoms with Gasteiger partial charge in [-0.15, -0.1) is 0 Å². The third kappa shape index (κ3) is 3.97. The highest BCUT2D eigenvalue weighted by atomic mass is 16.5. The Labute approximate surface area is 141 Å². The van der Waals surface area contributed by atoms with Gasteiger partial charge in [0.25, 0.3) is 0 Å². The number of ether oxygens (including phenoxy) is 2. The van der Waals surface area contributed by atoms with Crippen LogP contribution in [0.15, 0.2) is 24.3 Å². The number of hydrogen-bond donors (Lipinski definition) is 2. The Kier molecular flexibility index (Phi) is 5.20. The predicted octanol–water partition coefficient (Wildman–Crippen LogP) is 1.28. The van der Waals surface area contributed by atoms with Gasteiger partial charge in [0.2, 0.25) is 5.91 Å². The van der Waals surface area contributed by atoms with Gasteiger partial charge in [-0.2, -0.15) is 0 Å². The van der Waals surface area contributed by atoms with E-state index in [9.17, 15) is 9.59 Å². The van der Waals surface area contributed by atoms with E-state index in [2.05, 4.69) is 10.6 Å². The number of urea groups is 1. The van der Waals surface area contributed by atoms with E-state index in [4.69, 9.17) is 9.47 Å². The summed E-state index contributed by atoms with van der Waals surface area (Å²) in [7, 11) is 1.60. The summed E-state index contributed by atoms with van der Waals surface area (Å²) in [4.78, 5) is 25.8. The Hall–Kier alpha value is -2.28. The molecule has 3 rings (SSSR count). The Morgan fingerprint density at radius 1 is 1.38 bits per heavy atom. The molecule has 7 nitrogen and oxygen atoms in total. The van der Waals surface area contributed by atoms with E-state index < -0.39 is 0 Å². The van der Waals surface area contributed by atoms with Gasteiger partial charge in [0.1, 0.15) is 5.75 Å². The maximum Gasteiger partial charge on any atom is 0.315 e. The van der Waals surface area contributed by atoms with Crippen LogP contribution in [0.25, 0.3) is 0 Å². The molecule has 2 atom stereocenters. The van der Waals surface area contributed by atoms with Crippen molar-refractivity contribution in [1.29, 1.82) is 0 Å². The first-order chi connectivity index (χ1) is 11.7. The van der Waals surface area contributed by atoms with Gasteiger partial charge in [0.05, 0.1) is 19.3 Å². The molecular weight excluding hydrogens is 310 g/mol. The number of nitrogens with one attached hydrogen (secondary N) is 2. The minimum absolute atomic E-state index is 0.00425. The predicted molar refractivity (Wildman–Crippen MR) is 89.3 cm³/mol. The lowest BCUT2D eigenvalue weighted by Gasteiger charge is -2.18. The number of benzene rings is 1. The molecule has 0 bridgehead atoms. The minimum atomic E-state index is -0.250. The summed E-state index contributed by atoms with van der Waals surface area (Å²) < 4.78 is 10.6. The first-order valence-corrected chi connectivity index (χ1v) is 8.26. The molecule has 2 N–H and O–H groups in total.